The SMILES string of the molecule is Cn1cncc1-c1nc(C(=O)NC2CCOCC2)cc(C2CCC(F)(F)CC2)n1. The number of amides is 1. The fraction of sp³-hybridized carbons (Fsp3) is 0.600. The summed E-state index contributed by atoms with van der Waals surface area (Å²) in [6.45, 7) is 1.24. The molecular weight excluding hydrogens is 380 g/mol. The number of rotatable bonds is 4. The molecule has 2 fully saturated rings. The number of imidazole rings is 1. The Bertz CT molecular complexity index is 870. The van der Waals surface area contributed by atoms with Crippen LogP contribution in [0.15, 0.2) is 18.6 Å². The standard InChI is InChI=1S/C20H25F2N5O2/c1-27-12-23-11-17(27)18-25-15(13-2-6-20(21,22)7-3-13)10-16(26-18)19(28)24-14-4-8-29-9-5-14/h10-14H,2-9H2,1H3,(H,24,28). The van der Waals surface area contributed by atoms with Gasteiger partial charge in [0.2, 0.25) is 5.92 Å². The molecule has 1 aliphatic heterocycles. The minimum absolute atomic E-state index is 0.0446. The van der Waals surface area contributed by atoms with Crippen LogP contribution in [0.1, 0.15) is 60.6 Å². The maximum atomic E-state index is 13.6. The molecule has 4 rings (SSSR count). The summed E-state index contributed by atoms with van der Waals surface area (Å²) >= 11 is 0. The van der Waals surface area contributed by atoms with Crippen molar-refractivity contribution in [2.75, 3.05) is 13.2 Å². The molecule has 2 aliphatic rings. The van der Waals surface area contributed by atoms with Gasteiger partial charge >= 0.3 is 0 Å². The van der Waals surface area contributed by atoms with Crippen LogP contribution in [0, 0.1) is 0 Å². The summed E-state index contributed by atoms with van der Waals surface area (Å²) in [6, 6.07) is 1.70. The molecule has 2 aromatic heterocycles. The molecule has 0 radical (unpaired) electrons. The lowest BCUT2D eigenvalue weighted by Gasteiger charge is -2.28. The Balaban J connectivity index is 1.63. The van der Waals surface area contributed by atoms with Crippen LogP contribution >= 0.6 is 0 Å². The normalized spacial score (nSPS) is 20.5. The number of halogens is 2. The molecule has 1 saturated heterocycles. The van der Waals surface area contributed by atoms with Crippen molar-refractivity contribution in [3.05, 3.63) is 30.0 Å². The number of alkyl halides is 2. The molecule has 0 atom stereocenters. The Kier molecular flexibility index (Phi) is 5.58. The highest BCUT2D eigenvalue weighted by atomic mass is 19.3. The van der Waals surface area contributed by atoms with Crippen molar-refractivity contribution < 1.29 is 18.3 Å². The second-order valence-electron chi connectivity index (χ2n) is 7.88. The Morgan fingerprint density at radius 3 is 2.59 bits per heavy atom. The van der Waals surface area contributed by atoms with Gasteiger partial charge < -0.3 is 14.6 Å². The lowest BCUT2D eigenvalue weighted by Crippen LogP contribution is -2.39. The minimum Gasteiger partial charge on any atom is -0.381 e. The third-order valence-corrected chi connectivity index (χ3v) is 5.72. The van der Waals surface area contributed by atoms with E-state index in [1.807, 2.05) is 7.05 Å². The van der Waals surface area contributed by atoms with Crippen LogP contribution in [0.25, 0.3) is 11.5 Å². The predicted octanol–water partition coefficient (Wildman–Crippen LogP) is 3.08. The van der Waals surface area contributed by atoms with Crippen molar-refractivity contribution in [3.63, 3.8) is 0 Å². The van der Waals surface area contributed by atoms with Gasteiger partial charge in [-0.15, -0.1) is 0 Å². The van der Waals surface area contributed by atoms with Crippen molar-refractivity contribution in [1.82, 2.24) is 24.8 Å². The second-order valence-corrected chi connectivity index (χ2v) is 7.88. The number of hydrogen-bond donors (Lipinski definition) is 1. The van der Waals surface area contributed by atoms with E-state index in [2.05, 4.69) is 20.3 Å². The van der Waals surface area contributed by atoms with Gasteiger partial charge in [-0.1, -0.05) is 0 Å². The van der Waals surface area contributed by atoms with Crippen molar-refractivity contribution >= 4 is 5.91 Å². The first-order valence-electron chi connectivity index (χ1n) is 10.0. The van der Waals surface area contributed by atoms with Crippen LogP contribution in [-0.2, 0) is 11.8 Å². The lowest BCUT2D eigenvalue weighted by atomic mass is 9.84. The Morgan fingerprint density at radius 1 is 1.21 bits per heavy atom. The van der Waals surface area contributed by atoms with Gasteiger partial charge in [0.15, 0.2) is 5.82 Å². The molecule has 1 saturated carbocycles. The average Bonchev–Trinajstić information content (AvgIpc) is 3.14. The molecule has 29 heavy (non-hydrogen) atoms. The smallest absolute Gasteiger partial charge is 0.270 e. The molecule has 156 valence electrons. The zero-order valence-electron chi connectivity index (χ0n) is 16.4. The fourth-order valence-electron chi connectivity index (χ4n) is 3.92. The van der Waals surface area contributed by atoms with E-state index < -0.39 is 5.92 Å². The maximum Gasteiger partial charge on any atom is 0.270 e. The van der Waals surface area contributed by atoms with Gasteiger partial charge in [-0.2, -0.15) is 0 Å². The van der Waals surface area contributed by atoms with Crippen LogP contribution in [0.3, 0.4) is 0 Å². The molecule has 1 amide bonds. The summed E-state index contributed by atoms with van der Waals surface area (Å²) in [5, 5.41) is 3.01. The summed E-state index contributed by atoms with van der Waals surface area (Å²) in [5.74, 6) is -2.61. The number of carbonyl (C=O) groups excluding carboxylic acids is 1. The van der Waals surface area contributed by atoms with Crippen molar-refractivity contribution in [3.8, 4) is 11.5 Å². The molecule has 2 aromatic rings. The molecule has 7 nitrogen and oxygen atoms in total. The first-order valence-corrected chi connectivity index (χ1v) is 10.0. The summed E-state index contributed by atoms with van der Waals surface area (Å²) in [5.41, 5.74) is 1.58. The Hall–Kier alpha value is -2.42. The van der Waals surface area contributed by atoms with E-state index in [0.29, 0.717) is 43.3 Å². The molecule has 3 heterocycles. The highest BCUT2D eigenvalue weighted by Crippen LogP contribution is 2.40. The number of aryl methyl sites for hydroxylation is 1. The quantitative estimate of drug-likeness (QED) is 0.845. The van der Waals surface area contributed by atoms with Crippen molar-refractivity contribution in [2.45, 2.75) is 56.4 Å². The van der Waals surface area contributed by atoms with Gasteiger partial charge in [0, 0.05) is 50.8 Å². The monoisotopic (exact) mass is 405 g/mol. The molecular formula is C20H25F2N5O2. The van der Waals surface area contributed by atoms with Crippen LogP contribution in [0.5, 0.6) is 0 Å². The van der Waals surface area contributed by atoms with Crippen molar-refractivity contribution in [1.29, 1.82) is 0 Å². The summed E-state index contributed by atoms with van der Waals surface area (Å²) in [7, 11) is 1.82. The van der Waals surface area contributed by atoms with Gasteiger partial charge in [-0.3, -0.25) is 4.79 Å². The van der Waals surface area contributed by atoms with E-state index in [9.17, 15) is 13.6 Å². The van der Waals surface area contributed by atoms with Crippen LogP contribution in [0.2, 0.25) is 0 Å². The molecule has 9 heteroatoms. The van der Waals surface area contributed by atoms with Gasteiger partial charge in [0.05, 0.1) is 12.5 Å². The van der Waals surface area contributed by atoms with Crippen LogP contribution < -0.4 is 5.32 Å². The third kappa shape index (κ3) is 4.60. The van der Waals surface area contributed by atoms with E-state index in [-0.39, 0.29) is 36.4 Å². The van der Waals surface area contributed by atoms with Crippen LogP contribution in [-0.4, -0.2) is 50.6 Å². The summed E-state index contributed by atoms with van der Waals surface area (Å²) < 4.78 is 34.3. The lowest BCUT2D eigenvalue weighted by molar-refractivity contribution is -0.0385. The van der Waals surface area contributed by atoms with Gasteiger partial charge in [0.25, 0.3) is 5.91 Å². The molecule has 0 bridgehead atoms. The van der Waals surface area contributed by atoms with Gasteiger partial charge in [-0.05, 0) is 31.7 Å². The Labute approximate surface area is 167 Å². The largest absolute Gasteiger partial charge is 0.381 e. The van der Waals surface area contributed by atoms with E-state index in [4.69, 9.17) is 4.74 Å². The molecule has 0 unspecified atom stereocenters. The maximum absolute atomic E-state index is 13.6. The molecule has 0 aromatic carbocycles. The Morgan fingerprint density at radius 2 is 1.93 bits per heavy atom. The van der Waals surface area contributed by atoms with Gasteiger partial charge in [-0.25, -0.2) is 23.7 Å². The van der Waals surface area contributed by atoms with E-state index >= 15 is 0 Å². The first kappa shape index (κ1) is 19.9. The first-order chi connectivity index (χ1) is 13.9. The zero-order valence-corrected chi connectivity index (χ0v) is 16.4. The van der Waals surface area contributed by atoms with E-state index in [0.717, 1.165) is 12.8 Å². The summed E-state index contributed by atoms with van der Waals surface area (Å²) in [6.07, 6.45) is 5.15. The number of nitrogens with zero attached hydrogens (tertiary/aromatic N) is 4. The number of hydrogen-bond acceptors (Lipinski definition) is 5. The minimum atomic E-state index is -2.61. The predicted molar refractivity (Wildman–Crippen MR) is 102 cm³/mol. The van der Waals surface area contributed by atoms with E-state index in [1.165, 1.54) is 0 Å². The number of nitrogens with one attached hydrogen (secondary N) is 1. The average molecular weight is 405 g/mol. The topological polar surface area (TPSA) is 81.9 Å². The number of aromatic nitrogens is 4. The molecule has 1 aliphatic carbocycles. The van der Waals surface area contributed by atoms with Crippen LogP contribution in [0.4, 0.5) is 8.78 Å². The number of carbonyl (C=O) groups is 1. The highest BCUT2D eigenvalue weighted by Gasteiger charge is 2.36. The number of ether oxygens (including phenoxy) is 1. The zero-order chi connectivity index (χ0) is 20.4. The van der Waals surface area contributed by atoms with E-state index in [1.54, 1.807) is 23.2 Å². The fourth-order valence-corrected chi connectivity index (χ4v) is 3.92. The molecule has 1 N–H and O–H groups in total. The van der Waals surface area contributed by atoms with Gasteiger partial charge in [0.1, 0.15) is 11.4 Å². The molecule has 0 spiro atoms. The van der Waals surface area contributed by atoms with Crippen molar-refractivity contribution in [2.24, 2.45) is 7.05 Å². The highest BCUT2D eigenvalue weighted by molar-refractivity contribution is 5.93. The third-order valence-electron chi connectivity index (χ3n) is 5.72. The second kappa shape index (κ2) is 8.14. The summed E-state index contributed by atoms with van der Waals surface area (Å²) in [4.78, 5) is 26.1.